The van der Waals surface area contributed by atoms with E-state index in [1.807, 2.05) is 0 Å². The first-order valence-corrected chi connectivity index (χ1v) is 8.48. The Hall–Kier alpha value is -0.0400. The lowest BCUT2D eigenvalue weighted by Crippen LogP contribution is -2.16. The Morgan fingerprint density at radius 1 is 0.667 bits per heavy atom. The Bertz CT molecular complexity index is 143. The summed E-state index contributed by atoms with van der Waals surface area (Å²) in [7, 11) is 0. The van der Waals surface area contributed by atoms with Crippen molar-refractivity contribution in [2.24, 2.45) is 5.92 Å². The van der Waals surface area contributed by atoms with Gasteiger partial charge in [0.25, 0.3) is 0 Å². The molecule has 0 spiro atoms. The molecule has 1 nitrogen and oxygen atoms in total. The van der Waals surface area contributed by atoms with Gasteiger partial charge in [0.2, 0.25) is 0 Å². The molecule has 0 aromatic carbocycles. The zero-order chi connectivity index (χ0) is 13.5. The summed E-state index contributed by atoms with van der Waals surface area (Å²) < 4.78 is 0. The molecule has 0 heterocycles. The standard InChI is InChI=1S/C17H37N/c1-4-5-6-7-9-12-15-18-16-13-10-8-11-14-17(2)3/h17-18H,4-16H2,1-3H3. The molecule has 110 valence electrons. The van der Waals surface area contributed by atoms with Crippen molar-refractivity contribution in [2.45, 2.75) is 91.4 Å². The highest BCUT2D eigenvalue weighted by atomic mass is 14.8. The van der Waals surface area contributed by atoms with Gasteiger partial charge in [-0.2, -0.15) is 0 Å². The topological polar surface area (TPSA) is 12.0 Å². The number of hydrogen-bond acceptors (Lipinski definition) is 1. The van der Waals surface area contributed by atoms with Crippen LogP contribution in [0.1, 0.15) is 91.4 Å². The Balaban J connectivity index is 2.90. The Kier molecular flexibility index (Phi) is 15.0. The van der Waals surface area contributed by atoms with Crippen LogP contribution in [0.25, 0.3) is 0 Å². The third kappa shape index (κ3) is 16.0. The zero-order valence-electron chi connectivity index (χ0n) is 13.3. The molecule has 1 N–H and O–H groups in total. The molecule has 0 aliphatic rings. The second kappa shape index (κ2) is 15.0. The minimum absolute atomic E-state index is 0.885. The number of hydrogen-bond donors (Lipinski definition) is 1. The molecule has 0 aliphatic heterocycles. The van der Waals surface area contributed by atoms with Gasteiger partial charge in [0.05, 0.1) is 0 Å². The fourth-order valence-corrected chi connectivity index (χ4v) is 2.31. The van der Waals surface area contributed by atoms with Crippen molar-refractivity contribution in [1.82, 2.24) is 5.32 Å². The summed E-state index contributed by atoms with van der Waals surface area (Å²) >= 11 is 0. The molecule has 18 heavy (non-hydrogen) atoms. The maximum Gasteiger partial charge on any atom is -0.00489 e. The first kappa shape index (κ1) is 18.0. The molecule has 0 bridgehead atoms. The van der Waals surface area contributed by atoms with Crippen LogP contribution in [0.5, 0.6) is 0 Å². The lowest BCUT2D eigenvalue weighted by molar-refractivity contribution is 0.508. The lowest BCUT2D eigenvalue weighted by atomic mass is 10.0. The van der Waals surface area contributed by atoms with Gasteiger partial charge in [-0.05, 0) is 31.8 Å². The first-order chi connectivity index (χ1) is 8.77. The Morgan fingerprint density at radius 2 is 1.17 bits per heavy atom. The summed E-state index contributed by atoms with van der Waals surface area (Å²) in [5, 5.41) is 3.58. The monoisotopic (exact) mass is 255 g/mol. The maximum atomic E-state index is 3.58. The smallest absolute Gasteiger partial charge is 0.00489 e. The molecule has 0 rings (SSSR count). The molecule has 0 radical (unpaired) electrons. The molecule has 0 unspecified atom stereocenters. The second-order valence-corrected chi connectivity index (χ2v) is 6.11. The summed E-state index contributed by atoms with van der Waals surface area (Å²) in [5.41, 5.74) is 0. The normalized spacial score (nSPS) is 11.3. The maximum absolute atomic E-state index is 3.58. The largest absolute Gasteiger partial charge is 0.317 e. The van der Waals surface area contributed by atoms with E-state index in [2.05, 4.69) is 26.1 Å². The van der Waals surface area contributed by atoms with E-state index >= 15 is 0 Å². The van der Waals surface area contributed by atoms with Crippen molar-refractivity contribution in [3.8, 4) is 0 Å². The van der Waals surface area contributed by atoms with Crippen LogP contribution in [0.3, 0.4) is 0 Å². The number of nitrogens with one attached hydrogen (secondary N) is 1. The second-order valence-electron chi connectivity index (χ2n) is 6.11. The molecular formula is C17H37N. The zero-order valence-corrected chi connectivity index (χ0v) is 13.3. The van der Waals surface area contributed by atoms with Gasteiger partial charge in [0.1, 0.15) is 0 Å². The van der Waals surface area contributed by atoms with Crippen LogP contribution in [-0.2, 0) is 0 Å². The lowest BCUT2D eigenvalue weighted by Gasteiger charge is -2.06. The van der Waals surface area contributed by atoms with Gasteiger partial charge in [-0.1, -0.05) is 78.6 Å². The highest BCUT2D eigenvalue weighted by Crippen LogP contribution is 2.09. The summed E-state index contributed by atoms with van der Waals surface area (Å²) in [4.78, 5) is 0. The van der Waals surface area contributed by atoms with Crippen LogP contribution < -0.4 is 5.32 Å². The average Bonchev–Trinajstić information content (AvgIpc) is 2.34. The van der Waals surface area contributed by atoms with Crippen LogP contribution >= 0.6 is 0 Å². The molecule has 0 atom stereocenters. The molecule has 0 aromatic heterocycles. The van der Waals surface area contributed by atoms with Gasteiger partial charge in [0.15, 0.2) is 0 Å². The number of rotatable bonds is 14. The van der Waals surface area contributed by atoms with Crippen LogP contribution in [0, 0.1) is 5.92 Å². The van der Waals surface area contributed by atoms with Crippen LogP contribution in [-0.4, -0.2) is 13.1 Å². The molecule has 0 aromatic rings. The van der Waals surface area contributed by atoms with Crippen molar-refractivity contribution in [3.05, 3.63) is 0 Å². The average molecular weight is 255 g/mol. The third-order valence-electron chi connectivity index (χ3n) is 3.59. The Morgan fingerprint density at radius 3 is 1.72 bits per heavy atom. The first-order valence-electron chi connectivity index (χ1n) is 8.48. The fraction of sp³-hybridized carbons (Fsp3) is 1.00. The molecule has 0 saturated heterocycles. The third-order valence-corrected chi connectivity index (χ3v) is 3.59. The van der Waals surface area contributed by atoms with Crippen molar-refractivity contribution < 1.29 is 0 Å². The minimum atomic E-state index is 0.885. The van der Waals surface area contributed by atoms with Gasteiger partial charge < -0.3 is 5.32 Å². The van der Waals surface area contributed by atoms with Gasteiger partial charge in [0, 0.05) is 0 Å². The van der Waals surface area contributed by atoms with Crippen molar-refractivity contribution in [2.75, 3.05) is 13.1 Å². The number of unbranched alkanes of at least 4 members (excludes halogenated alkanes) is 8. The minimum Gasteiger partial charge on any atom is -0.317 e. The predicted octanol–water partition coefficient (Wildman–Crippen LogP) is 5.54. The van der Waals surface area contributed by atoms with E-state index in [0.717, 1.165) is 5.92 Å². The van der Waals surface area contributed by atoms with Gasteiger partial charge in [-0.15, -0.1) is 0 Å². The van der Waals surface area contributed by atoms with Crippen molar-refractivity contribution in [3.63, 3.8) is 0 Å². The summed E-state index contributed by atoms with van der Waals surface area (Å²) in [6.45, 7) is 9.39. The molecule has 0 saturated carbocycles. The Labute approximate surface area is 116 Å². The fourth-order valence-electron chi connectivity index (χ4n) is 2.31. The summed E-state index contributed by atoms with van der Waals surface area (Å²) in [5.74, 6) is 0.885. The van der Waals surface area contributed by atoms with E-state index in [0.29, 0.717) is 0 Å². The van der Waals surface area contributed by atoms with E-state index in [1.54, 1.807) is 0 Å². The molecular weight excluding hydrogens is 218 g/mol. The van der Waals surface area contributed by atoms with Crippen LogP contribution in [0.4, 0.5) is 0 Å². The van der Waals surface area contributed by atoms with E-state index in [1.165, 1.54) is 83.7 Å². The molecule has 1 heteroatoms. The van der Waals surface area contributed by atoms with Gasteiger partial charge >= 0.3 is 0 Å². The van der Waals surface area contributed by atoms with E-state index in [-0.39, 0.29) is 0 Å². The SMILES string of the molecule is CCCCCCCCNCCCCCCC(C)C. The van der Waals surface area contributed by atoms with E-state index in [9.17, 15) is 0 Å². The van der Waals surface area contributed by atoms with Crippen molar-refractivity contribution >= 4 is 0 Å². The van der Waals surface area contributed by atoms with E-state index in [4.69, 9.17) is 0 Å². The van der Waals surface area contributed by atoms with Crippen LogP contribution in [0.15, 0.2) is 0 Å². The van der Waals surface area contributed by atoms with Gasteiger partial charge in [-0.25, -0.2) is 0 Å². The van der Waals surface area contributed by atoms with E-state index < -0.39 is 0 Å². The summed E-state index contributed by atoms with van der Waals surface area (Å²) in [6, 6.07) is 0. The van der Waals surface area contributed by atoms with Crippen LogP contribution in [0.2, 0.25) is 0 Å². The summed E-state index contributed by atoms with van der Waals surface area (Å²) in [6.07, 6.45) is 15.5. The highest BCUT2D eigenvalue weighted by molar-refractivity contribution is 4.52. The highest BCUT2D eigenvalue weighted by Gasteiger charge is 1.94. The van der Waals surface area contributed by atoms with Gasteiger partial charge in [-0.3, -0.25) is 0 Å². The molecule has 0 aliphatic carbocycles. The predicted molar refractivity (Wildman–Crippen MR) is 84.2 cm³/mol. The molecule has 0 amide bonds. The molecule has 0 fully saturated rings. The van der Waals surface area contributed by atoms with Crippen molar-refractivity contribution in [1.29, 1.82) is 0 Å². The quantitative estimate of drug-likeness (QED) is 0.402.